The lowest BCUT2D eigenvalue weighted by molar-refractivity contribution is 0.0997. The SMILES string of the molecule is CS(=O)(=O)c1cc(Cl)cc(Cn2cc(Cl)cc(C(N)=O)c2=N)c1. The van der Waals surface area contributed by atoms with E-state index in [4.69, 9.17) is 34.3 Å². The summed E-state index contributed by atoms with van der Waals surface area (Å²) in [6.45, 7) is 0.114. The van der Waals surface area contributed by atoms with Crippen molar-refractivity contribution in [1.82, 2.24) is 4.57 Å². The van der Waals surface area contributed by atoms with Crippen molar-refractivity contribution in [2.75, 3.05) is 6.26 Å². The van der Waals surface area contributed by atoms with Gasteiger partial charge in [0.15, 0.2) is 9.84 Å². The maximum absolute atomic E-state index is 11.7. The number of nitrogens with one attached hydrogen (secondary N) is 1. The zero-order chi connectivity index (χ0) is 17.4. The van der Waals surface area contributed by atoms with E-state index in [1.54, 1.807) is 6.07 Å². The van der Waals surface area contributed by atoms with Crippen molar-refractivity contribution in [3.63, 3.8) is 0 Å². The van der Waals surface area contributed by atoms with Crippen LogP contribution in [0.5, 0.6) is 0 Å². The molecule has 1 amide bonds. The maximum atomic E-state index is 11.7. The van der Waals surface area contributed by atoms with Gasteiger partial charge >= 0.3 is 0 Å². The van der Waals surface area contributed by atoms with Crippen LogP contribution < -0.4 is 11.2 Å². The smallest absolute Gasteiger partial charge is 0.252 e. The largest absolute Gasteiger partial charge is 0.365 e. The number of hydrogen-bond acceptors (Lipinski definition) is 4. The highest BCUT2D eigenvalue weighted by Crippen LogP contribution is 2.20. The average molecular weight is 374 g/mol. The fourth-order valence-corrected chi connectivity index (χ4v) is 3.30. The predicted octanol–water partition coefficient (Wildman–Crippen LogP) is 1.83. The van der Waals surface area contributed by atoms with Crippen LogP contribution in [0.4, 0.5) is 0 Å². The highest BCUT2D eigenvalue weighted by Gasteiger charge is 2.12. The Labute approximate surface area is 142 Å². The van der Waals surface area contributed by atoms with Crippen LogP contribution in [-0.4, -0.2) is 25.1 Å². The van der Waals surface area contributed by atoms with Crippen LogP contribution in [0.3, 0.4) is 0 Å². The molecule has 1 heterocycles. The van der Waals surface area contributed by atoms with Crippen molar-refractivity contribution >= 4 is 38.9 Å². The average Bonchev–Trinajstić information content (AvgIpc) is 2.40. The van der Waals surface area contributed by atoms with Gasteiger partial charge < -0.3 is 10.3 Å². The molecule has 0 aliphatic rings. The quantitative estimate of drug-likeness (QED) is 0.853. The number of primary amides is 1. The summed E-state index contributed by atoms with van der Waals surface area (Å²) < 4.78 is 24.7. The number of nitrogens with two attached hydrogens (primary N) is 1. The second kappa shape index (κ2) is 6.35. The molecule has 0 radical (unpaired) electrons. The highest BCUT2D eigenvalue weighted by molar-refractivity contribution is 7.90. The summed E-state index contributed by atoms with van der Waals surface area (Å²) in [5.41, 5.74) is 5.62. The zero-order valence-corrected chi connectivity index (χ0v) is 14.3. The van der Waals surface area contributed by atoms with Gasteiger partial charge in [-0.05, 0) is 29.8 Å². The first-order valence-electron chi connectivity index (χ1n) is 6.32. The van der Waals surface area contributed by atoms with Crippen molar-refractivity contribution in [1.29, 1.82) is 5.41 Å². The summed E-state index contributed by atoms with van der Waals surface area (Å²) in [6.07, 6.45) is 2.54. The lowest BCUT2D eigenvalue weighted by atomic mass is 10.2. The number of halogens is 2. The summed E-state index contributed by atoms with van der Waals surface area (Å²) >= 11 is 11.9. The first-order valence-corrected chi connectivity index (χ1v) is 8.96. The number of sulfone groups is 1. The van der Waals surface area contributed by atoms with Crippen LogP contribution in [0, 0.1) is 5.41 Å². The van der Waals surface area contributed by atoms with Crippen molar-refractivity contribution in [3.05, 3.63) is 57.1 Å². The van der Waals surface area contributed by atoms with Crippen molar-refractivity contribution in [3.8, 4) is 0 Å². The molecule has 0 saturated heterocycles. The van der Waals surface area contributed by atoms with Gasteiger partial charge in [0, 0.05) is 24.0 Å². The Kier molecular flexibility index (Phi) is 4.84. The van der Waals surface area contributed by atoms with Gasteiger partial charge in [0.05, 0.1) is 15.5 Å². The number of nitrogens with zero attached hydrogens (tertiary/aromatic N) is 1. The van der Waals surface area contributed by atoms with Crippen LogP contribution in [0.15, 0.2) is 35.4 Å². The first kappa shape index (κ1) is 17.5. The van der Waals surface area contributed by atoms with Gasteiger partial charge in [-0.1, -0.05) is 23.2 Å². The van der Waals surface area contributed by atoms with Crippen LogP contribution in [0.2, 0.25) is 10.0 Å². The Morgan fingerprint density at radius 3 is 2.43 bits per heavy atom. The summed E-state index contributed by atoms with van der Waals surface area (Å²) in [5, 5.41) is 8.50. The summed E-state index contributed by atoms with van der Waals surface area (Å²) in [7, 11) is -3.42. The number of pyridine rings is 1. The molecule has 1 aromatic carbocycles. The molecular formula is C14H13Cl2N3O3S. The van der Waals surface area contributed by atoms with E-state index in [2.05, 4.69) is 0 Å². The minimum Gasteiger partial charge on any atom is -0.365 e. The molecule has 0 spiro atoms. The number of rotatable bonds is 4. The van der Waals surface area contributed by atoms with Crippen LogP contribution in [0.25, 0.3) is 0 Å². The molecule has 9 heteroatoms. The topological polar surface area (TPSA) is 106 Å². The number of benzene rings is 1. The fraction of sp³-hybridized carbons (Fsp3) is 0.143. The first-order chi connectivity index (χ1) is 10.6. The molecule has 122 valence electrons. The van der Waals surface area contributed by atoms with E-state index in [9.17, 15) is 13.2 Å². The highest BCUT2D eigenvalue weighted by atomic mass is 35.5. The summed E-state index contributed by atoms with van der Waals surface area (Å²) in [6, 6.07) is 5.69. The lowest BCUT2D eigenvalue weighted by Crippen LogP contribution is -2.29. The number of carbonyl (C=O) groups excluding carboxylic acids is 1. The predicted molar refractivity (Wildman–Crippen MR) is 87.5 cm³/mol. The van der Waals surface area contributed by atoms with Crippen LogP contribution in [-0.2, 0) is 16.4 Å². The Morgan fingerprint density at radius 2 is 1.87 bits per heavy atom. The van der Waals surface area contributed by atoms with Crippen molar-refractivity contribution in [2.24, 2.45) is 5.73 Å². The third kappa shape index (κ3) is 4.13. The van der Waals surface area contributed by atoms with E-state index in [1.165, 1.54) is 29.0 Å². The molecular weight excluding hydrogens is 361 g/mol. The molecule has 0 aliphatic carbocycles. The Balaban J connectivity index is 2.54. The van der Waals surface area contributed by atoms with Gasteiger partial charge in [-0.25, -0.2) is 8.42 Å². The van der Waals surface area contributed by atoms with Gasteiger partial charge in [0.1, 0.15) is 5.49 Å². The van der Waals surface area contributed by atoms with Crippen LogP contribution >= 0.6 is 23.2 Å². The Morgan fingerprint density at radius 1 is 1.22 bits per heavy atom. The van der Waals surface area contributed by atoms with E-state index in [0.29, 0.717) is 5.56 Å². The molecule has 0 saturated carbocycles. The maximum Gasteiger partial charge on any atom is 0.252 e. The van der Waals surface area contributed by atoms with Crippen molar-refractivity contribution < 1.29 is 13.2 Å². The minimum atomic E-state index is -3.42. The monoisotopic (exact) mass is 373 g/mol. The number of carbonyl (C=O) groups is 1. The van der Waals surface area contributed by atoms with Gasteiger partial charge in [0.25, 0.3) is 5.91 Å². The molecule has 2 rings (SSSR count). The van der Waals surface area contributed by atoms with E-state index in [0.717, 1.165) is 6.26 Å². The van der Waals surface area contributed by atoms with Gasteiger partial charge in [0.2, 0.25) is 0 Å². The van der Waals surface area contributed by atoms with Gasteiger partial charge in [-0.2, -0.15) is 0 Å². The summed E-state index contributed by atoms with van der Waals surface area (Å²) in [4.78, 5) is 11.4. The standard InChI is InChI=1S/C14H13Cl2N3O3S/c1-23(21,22)11-3-8(2-9(15)4-11)6-19-7-10(16)5-12(13(19)17)14(18)20/h2-5,7,17H,6H2,1H3,(H2,18,20). The third-order valence-corrected chi connectivity index (χ3v) is 4.60. The molecule has 0 bridgehead atoms. The molecule has 0 fully saturated rings. The van der Waals surface area contributed by atoms with E-state index >= 15 is 0 Å². The second-order valence-electron chi connectivity index (χ2n) is 4.98. The lowest BCUT2D eigenvalue weighted by Gasteiger charge is -2.11. The Hall–Kier alpha value is -1.83. The molecule has 0 atom stereocenters. The third-order valence-electron chi connectivity index (χ3n) is 3.08. The summed E-state index contributed by atoms with van der Waals surface area (Å²) in [5.74, 6) is -0.769. The fourth-order valence-electron chi connectivity index (χ4n) is 2.05. The molecule has 0 unspecified atom stereocenters. The normalized spacial score (nSPS) is 11.4. The van der Waals surface area contributed by atoms with E-state index < -0.39 is 15.7 Å². The van der Waals surface area contributed by atoms with E-state index in [-0.39, 0.29) is 32.5 Å². The molecule has 2 aromatic rings. The molecule has 6 nitrogen and oxygen atoms in total. The second-order valence-corrected chi connectivity index (χ2v) is 7.87. The number of amides is 1. The Bertz CT molecular complexity index is 952. The number of aromatic nitrogens is 1. The van der Waals surface area contributed by atoms with Gasteiger partial charge in [-0.3, -0.25) is 10.2 Å². The minimum absolute atomic E-state index is 0.0251. The van der Waals surface area contributed by atoms with Crippen LogP contribution in [0.1, 0.15) is 15.9 Å². The molecule has 3 N–H and O–H groups in total. The van der Waals surface area contributed by atoms with Gasteiger partial charge in [-0.15, -0.1) is 0 Å². The van der Waals surface area contributed by atoms with E-state index in [1.807, 2.05) is 0 Å². The molecule has 23 heavy (non-hydrogen) atoms. The number of hydrogen-bond donors (Lipinski definition) is 2. The molecule has 1 aromatic heterocycles. The van der Waals surface area contributed by atoms with Crippen molar-refractivity contribution in [2.45, 2.75) is 11.4 Å². The molecule has 0 aliphatic heterocycles. The zero-order valence-electron chi connectivity index (χ0n) is 12.0.